The maximum Gasteiger partial charge on any atom is 0.237 e. The van der Waals surface area contributed by atoms with Crippen LogP contribution in [0.15, 0.2) is 77.7 Å². The fourth-order valence-corrected chi connectivity index (χ4v) is 3.79. The van der Waals surface area contributed by atoms with Crippen LogP contribution in [0, 0.1) is 13.8 Å². The maximum atomic E-state index is 12.5. The lowest BCUT2D eigenvalue weighted by Gasteiger charge is -2.13. The summed E-state index contributed by atoms with van der Waals surface area (Å²) >= 11 is 1.48. The molecule has 5 heteroatoms. The van der Waals surface area contributed by atoms with Gasteiger partial charge in [0.05, 0.1) is 11.7 Å². The van der Waals surface area contributed by atoms with Gasteiger partial charge in [-0.1, -0.05) is 36.4 Å². The molecule has 2 N–H and O–H groups in total. The molecule has 0 aliphatic carbocycles. The normalized spacial score (nSPS) is 11.6. The molecule has 0 saturated carbocycles. The molecular weight excluding hydrogens is 392 g/mol. The third kappa shape index (κ3) is 6.22. The van der Waals surface area contributed by atoms with Crippen molar-refractivity contribution in [3.05, 3.63) is 89.5 Å². The van der Waals surface area contributed by atoms with Crippen LogP contribution in [0.25, 0.3) is 0 Å². The Labute approximate surface area is 182 Å². The lowest BCUT2D eigenvalue weighted by molar-refractivity contribution is -0.116. The minimum absolute atomic E-state index is 0.0384. The second-order valence-corrected chi connectivity index (χ2v) is 8.70. The van der Waals surface area contributed by atoms with E-state index < -0.39 is 0 Å². The maximum absolute atomic E-state index is 12.5. The van der Waals surface area contributed by atoms with E-state index in [9.17, 15) is 9.59 Å². The molecule has 3 aromatic rings. The molecule has 0 aromatic heterocycles. The van der Waals surface area contributed by atoms with Gasteiger partial charge in [-0.05, 0) is 73.9 Å². The molecule has 0 spiro atoms. The number of carbonyl (C=O) groups is 2. The highest BCUT2D eigenvalue weighted by Gasteiger charge is 2.15. The van der Waals surface area contributed by atoms with E-state index in [1.54, 1.807) is 0 Å². The standard InChI is InChI=1S/C25H26N2O2S/c1-17-9-10-22(15-18(17)2)27-25(29)19(3)30-23-13-11-21(12-14-23)26-24(28)16-20-7-5-4-6-8-20/h4-15,19H,16H2,1-3H3,(H,26,28)(H,27,29). The molecule has 1 atom stereocenters. The van der Waals surface area contributed by atoms with Crippen molar-refractivity contribution < 1.29 is 9.59 Å². The van der Waals surface area contributed by atoms with Crippen molar-refractivity contribution >= 4 is 35.0 Å². The summed E-state index contributed by atoms with van der Waals surface area (Å²) in [6.45, 7) is 5.97. The Kier molecular flexibility index (Phi) is 7.31. The van der Waals surface area contributed by atoms with Gasteiger partial charge in [-0.25, -0.2) is 0 Å². The number of thioether (sulfide) groups is 1. The van der Waals surface area contributed by atoms with Crippen molar-refractivity contribution in [1.29, 1.82) is 0 Å². The number of hydrogen-bond donors (Lipinski definition) is 2. The summed E-state index contributed by atoms with van der Waals surface area (Å²) < 4.78 is 0. The summed E-state index contributed by atoms with van der Waals surface area (Å²) in [5, 5.41) is 5.64. The van der Waals surface area contributed by atoms with E-state index in [4.69, 9.17) is 0 Å². The Hall–Kier alpha value is -3.05. The molecule has 0 radical (unpaired) electrons. The van der Waals surface area contributed by atoms with Crippen LogP contribution in [0.4, 0.5) is 11.4 Å². The van der Waals surface area contributed by atoms with Crippen LogP contribution >= 0.6 is 11.8 Å². The molecule has 0 bridgehead atoms. The molecule has 1 unspecified atom stereocenters. The van der Waals surface area contributed by atoms with Gasteiger partial charge >= 0.3 is 0 Å². The molecule has 0 aliphatic heterocycles. The molecule has 3 rings (SSSR count). The van der Waals surface area contributed by atoms with Crippen molar-refractivity contribution in [1.82, 2.24) is 0 Å². The van der Waals surface area contributed by atoms with E-state index in [1.165, 1.54) is 17.3 Å². The summed E-state index contributed by atoms with van der Waals surface area (Å²) in [7, 11) is 0. The SMILES string of the molecule is Cc1ccc(NC(=O)C(C)Sc2ccc(NC(=O)Cc3ccccc3)cc2)cc1C. The second-order valence-electron chi connectivity index (χ2n) is 7.28. The summed E-state index contributed by atoms with van der Waals surface area (Å²) in [4.78, 5) is 25.7. The van der Waals surface area contributed by atoms with E-state index in [1.807, 2.05) is 93.6 Å². The average Bonchev–Trinajstić information content (AvgIpc) is 2.73. The Balaban J connectivity index is 1.52. The van der Waals surface area contributed by atoms with Crippen LogP contribution in [0.5, 0.6) is 0 Å². The first kappa shape index (κ1) is 21.7. The van der Waals surface area contributed by atoms with Crippen molar-refractivity contribution in [2.24, 2.45) is 0 Å². The van der Waals surface area contributed by atoms with Gasteiger partial charge in [0.25, 0.3) is 0 Å². The highest BCUT2D eigenvalue weighted by Crippen LogP contribution is 2.26. The molecule has 3 aromatic carbocycles. The van der Waals surface area contributed by atoms with Crippen LogP contribution in [0.1, 0.15) is 23.6 Å². The van der Waals surface area contributed by atoms with Gasteiger partial charge in [0.2, 0.25) is 11.8 Å². The Morgan fingerprint density at radius 2 is 1.50 bits per heavy atom. The van der Waals surface area contributed by atoms with E-state index in [2.05, 4.69) is 10.6 Å². The highest BCUT2D eigenvalue weighted by atomic mass is 32.2. The molecular formula is C25H26N2O2S. The number of benzene rings is 3. The first-order valence-corrected chi connectivity index (χ1v) is 10.8. The van der Waals surface area contributed by atoms with Crippen LogP contribution in [0.2, 0.25) is 0 Å². The van der Waals surface area contributed by atoms with Gasteiger partial charge in [0, 0.05) is 16.3 Å². The second kappa shape index (κ2) is 10.1. The monoisotopic (exact) mass is 418 g/mol. The minimum atomic E-state index is -0.245. The topological polar surface area (TPSA) is 58.2 Å². The Morgan fingerprint density at radius 3 is 2.17 bits per heavy atom. The number of amides is 2. The van der Waals surface area contributed by atoms with Gasteiger partial charge in [-0.3, -0.25) is 9.59 Å². The number of rotatable bonds is 7. The van der Waals surface area contributed by atoms with Crippen molar-refractivity contribution in [2.45, 2.75) is 37.3 Å². The molecule has 30 heavy (non-hydrogen) atoms. The van der Waals surface area contributed by atoms with E-state index in [0.29, 0.717) is 6.42 Å². The van der Waals surface area contributed by atoms with Crippen molar-refractivity contribution in [3.63, 3.8) is 0 Å². The zero-order chi connectivity index (χ0) is 21.5. The molecule has 0 aliphatic rings. The quantitative estimate of drug-likeness (QED) is 0.491. The molecule has 0 heterocycles. The van der Waals surface area contributed by atoms with Crippen LogP contribution in [0.3, 0.4) is 0 Å². The lowest BCUT2D eigenvalue weighted by Crippen LogP contribution is -2.22. The highest BCUT2D eigenvalue weighted by molar-refractivity contribution is 8.00. The van der Waals surface area contributed by atoms with Gasteiger partial charge in [0.15, 0.2) is 0 Å². The van der Waals surface area contributed by atoms with E-state index in [-0.39, 0.29) is 17.1 Å². The zero-order valence-electron chi connectivity index (χ0n) is 17.4. The van der Waals surface area contributed by atoms with Crippen molar-refractivity contribution in [2.75, 3.05) is 10.6 Å². The summed E-state index contributed by atoms with van der Waals surface area (Å²) in [6.07, 6.45) is 0.340. The first-order chi connectivity index (χ1) is 14.4. The van der Waals surface area contributed by atoms with Crippen molar-refractivity contribution in [3.8, 4) is 0 Å². The molecule has 154 valence electrons. The average molecular weight is 419 g/mol. The summed E-state index contributed by atoms with van der Waals surface area (Å²) in [5.41, 5.74) is 4.88. The van der Waals surface area contributed by atoms with Gasteiger partial charge in [-0.2, -0.15) is 0 Å². The lowest BCUT2D eigenvalue weighted by atomic mass is 10.1. The number of nitrogens with one attached hydrogen (secondary N) is 2. The predicted octanol–water partition coefficient (Wildman–Crippen LogP) is 5.60. The zero-order valence-corrected chi connectivity index (χ0v) is 18.3. The van der Waals surface area contributed by atoms with Crippen LogP contribution < -0.4 is 10.6 Å². The van der Waals surface area contributed by atoms with Crippen LogP contribution in [-0.2, 0) is 16.0 Å². The summed E-state index contributed by atoms with van der Waals surface area (Å²) in [5.74, 6) is -0.0915. The van der Waals surface area contributed by atoms with E-state index >= 15 is 0 Å². The Morgan fingerprint density at radius 1 is 0.833 bits per heavy atom. The minimum Gasteiger partial charge on any atom is -0.326 e. The molecule has 2 amide bonds. The fourth-order valence-electron chi connectivity index (χ4n) is 2.92. The molecule has 4 nitrogen and oxygen atoms in total. The molecule has 0 fully saturated rings. The van der Waals surface area contributed by atoms with Gasteiger partial charge < -0.3 is 10.6 Å². The number of aryl methyl sites for hydroxylation is 2. The molecule has 0 saturated heterocycles. The predicted molar refractivity (Wildman–Crippen MR) is 125 cm³/mol. The number of hydrogen-bond acceptors (Lipinski definition) is 3. The largest absolute Gasteiger partial charge is 0.326 e. The third-order valence-corrected chi connectivity index (χ3v) is 5.91. The van der Waals surface area contributed by atoms with Gasteiger partial charge in [0.1, 0.15) is 0 Å². The Bertz CT molecular complexity index is 1020. The number of carbonyl (C=O) groups excluding carboxylic acids is 2. The third-order valence-electron chi connectivity index (χ3n) is 4.80. The van der Waals surface area contributed by atoms with Gasteiger partial charge in [-0.15, -0.1) is 11.8 Å². The first-order valence-electron chi connectivity index (χ1n) is 9.89. The summed E-state index contributed by atoms with van der Waals surface area (Å²) in [6, 6.07) is 23.1. The fraction of sp³-hybridized carbons (Fsp3) is 0.200. The number of anilines is 2. The van der Waals surface area contributed by atoms with Crippen LogP contribution in [-0.4, -0.2) is 17.1 Å². The van der Waals surface area contributed by atoms with E-state index in [0.717, 1.165) is 27.4 Å². The smallest absolute Gasteiger partial charge is 0.237 e.